The Hall–Kier alpha value is -2.25. The molecule has 1 heterocycles. The number of carbonyl (C=O) groups excluding carboxylic acids is 2. The molecule has 9 heteroatoms. The van der Waals surface area contributed by atoms with Crippen LogP contribution in [0.1, 0.15) is 32.7 Å². The fraction of sp³-hybridized carbons (Fsp3) is 0.300. The molecule has 1 fully saturated rings. The lowest BCUT2D eigenvalue weighted by Crippen LogP contribution is -2.37. The van der Waals surface area contributed by atoms with Gasteiger partial charge in [0, 0.05) is 36.8 Å². The van der Waals surface area contributed by atoms with Crippen LogP contribution in [0, 0.1) is 0 Å². The maximum Gasteiger partial charge on any atom is 0.416 e. The van der Waals surface area contributed by atoms with Crippen molar-refractivity contribution in [3.63, 3.8) is 0 Å². The zero-order valence-electron chi connectivity index (χ0n) is 15.2. The van der Waals surface area contributed by atoms with E-state index in [9.17, 15) is 22.8 Å². The summed E-state index contributed by atoms with van der Waals surface area (Å²) in [5.74, 6) is -0.643. The van der Waals surface area contributed by atoms with Gasteiger partial charge in [0.1, 0.15) is 0 Å². The highest BCUT2D eigenvalue weighted by atomic mass is 35.5. The molecular formula is C20H17Cl2F3N2O2. The molecule has 0 saturated carbocycles. The lowest BCUT2D eigenvalue weighted by atomic mass is 10.1. The molecule has 0 aliphatic carbocycles. The molecule has 1 aliphatic heterocycles. The van der Waals surface area contributed by atoms with E-state index in [1.54, 1.807) is 17.0 Å². The lowest BCUT2D eigenvalue weighted by Gasteiger charge is -2.23. The Kier molecular flexibility index (Phi) is 6.39. The molecule has 0 N–H and O–H groups in total. The van der Waals surface area contributed by atoms with Gasteiger partial charge in [-0.25, -0.2) is 0 Å². The van der Waals surface area contributed by atoms with Crippen LogP contribution in [0.4, 0.5) is 13.2 Å². The van der Waals surface area contributed by atoms with Crippen LogP contribution in [0.25, 0.3) is 0 Å². The standard InChI is InChI=1S/C20H17Cl2F3N2O2/c21-15-6-7-17(22)16(12-15)19(29)27-9-1-8-26(10-11-27)18(28)13-2-4-14(5-3-13)20(23,24)25/h2-7,12H,1,8-11H2. The molecule has 3 rings (SSSR count). The van der Waals surface area contributed by atoms with Gasteiger partial charge in [0.05, 0.1) is 16.1 Å². The van der Waals surface area contributed by atoms with Gasteiger partial charge in [-0.05, 0) is 48.9 Å². The molecule has 154 valence electrons. The normalized spacial score (nSPS) is 15.2. The number of alkyl halides is 3. The molecule has 2 aromatic rings. The van der Waals surface area contributed by atoms with Crippen molar-refractivity contribution in [2.75, 3.05) is 26.2 Å². The van der Waals surface area contributed by atoms with Gasteiger partial charge < -0.3 is 9.80 Å². The second-order valence-electron chi connectivity index (χ2n) is 6.64. The Balaban J connectivity index is 1.68. The van der Waals surface area contributed by atoms with Gasteiger partial charge in [0.2, 0.25) is 0 Å². The Morgan fingerprint density at radius 3 is 2.00 bits per heavy atom. The van der Waals surface area contributed by atoms with E-state index in [1.807, 2.05) is 0 Å². The fourth-order valence-electron chi connectivity index (χ4n) is 3.14. The average molecular weight is 445 g/mol. The Bertz CT molecular complexity index is 917. The van der Waals surface area contributed by atoms with E-state index >= 15 is 0 Å². The lowest BCUT2D eigenvalue weighted by molar-refractivity contribution is -0.137. The molecule has 0 unspecified atom stereocenters. The number of halogens is 5. The first-order valence-electron chi connectivity index (χ1n) is 8.87. The van der Waals surface area contributed by atoms with E-state index in [4.69, 9.17) is 23.2 Å². The maximum absolute atomic E-state index is 12.8. The second-order valence-corrected chi connectivity index (χ2v) is 7.48. The maximum atomic E-state index is 12.8. The predicted molar refractivity (Wildman–Crippen MR) is 104 cm³/mol. The van der Waals surface area contributed by atoms with Gasteiger partial charge >= 0.3 is 6.18 Å². The van der Waals surface area contributed by atoms with Crippen LogP contribution in [0.3, 0.4) is 0 Å². The summed E-state index contributed by atoms with van der Waals surface area (Å²) < 4.78 is 38.1. The molecular weight excluding hydrogens is 428 g/mol. The zero-order valence-corrected chi connectivity index (χ0v) is 16.7. The first-order valence-corrected chi connectivity index (χ1v) is 9.63. The van der Waals surface area contributed by atoms with Gasteiger partial charge in [-0.1, -0.05) is 23.2 Å². The summed E-state index contributed by atoms with van der Waals surface area (Å²) in [7, 11) is 0. The number of hydrogen-bond acceptors (Lipinski definition) is 2. The van der Waals surface area contributed by atoms with Crippen molar-refractivity contribution in [3.05, 3.63) is 69.2 Å². The van der Waals surface area contributed by atoms with Crippen molar-refractivity contribution in [2.45, 2.75) is 12.6 Å². The first-order chi connectivity index (χ1) is 13.7. The highest BCUT2D eigenvalue weighted by Crippen LogP contribution is 2.29. The van der Waals surface area contributed by atoms with E-state index in [-0.39, 0.29) is 30.5 Å². The van der Waals surface area contributed by atoms with Crippen LogP contribution < -0.4 is 0 Å². The van der Waals surface area contributed by atoms with Crippen LogP contribution in [0.2, 0.25) is 10.0 Å². The summed E-state index contributed by atoms with van der Waals surface area (Å²) in [5, 5.41) is 0.688. The summed E-state index contributed by atoms with van der Waals surface area (Å²) >= 11 is 12.1. The second kappa shape index (κ2) is 8.63. The van der Waals surface area contributed by atoms with Gasteiger partial charge in [-0.2, -0.15) is 13.2 Å². The summed E-state index contributed by atoms with van der Waals surface area (Å²) in [6, 6.07) is 8.77. The molecule has 0 aromatic heterocycles. The first kappa shape index (κ1) is 21.5. The van der Waals surface area contributed by atoms with Gasteiger partial charge in [0.25, 0.3) is 11.8 Å². The minimum Gasteiger partial charge on any atom is -0.337 e. The third kappa shape index (κ3) is 5.03. The smallest absolute Gasteiger partial charge is 0.337 e. The van der Waals surface area contributed by atoms with E-state index in [0.29, 0.717) is 35.1 Å². The average Bonchev–Trinajstić information content (AvgIpc) is 2.94. The third-order valence-electron chi connectivity index (χ3n) is 4.69. The van der Waals surface area contributed by atoms with Crippen LogP contribution in [-0.2, 0) is 6.18 Å². The fourth-order valence-corrected chi connectivity index (χ4v) is 3.51. The van der Waals surface area contributed by atoms with Gasteiger partial charge in [0.15, 0.2) is 0 Å². The highest BCUT2D eigenvalue weighted by molar-refractivity contribution is 6.35. The number of rotatable bonds is 2. The molecule has 0 spiro atoms. The van der Waals surface area contributed by atoms with Crippen molar-refractivity contribution in [1.82, 2.24) is 9.80 Å². The molecule has 0 atom stereocenters. The predicted octanol–water partition coefficient (Wildman–Crippen LogP) is 5.00. The molecule has 0 radical (unpaired) electrons. The summed E-state index contributed by atoms with van der Waals surface area (Å²) in [5.41, 5.74) is -0.336. The molecule has 2 amide bonds. The van der Waals surface area contributed by atoms with Crippen molar-refractivity contribution >= 4 is 35.0 Å². The van der Waals surface area contributed by atoms with Crippen molar-refractivity contribution in [3.8, 4) is 0 Å². The highest BCUT2D eigenvalue weighted by Gasteiger charge is 2.31. The molecule has 2 aromatic carbocycles. The third-order valence-corrected chi connectivity index (χ3v) is 5.25. The monoisotopic (exact) mass is 444 g/mol. The Labute approximate surface area is 175 Å². The number of benzene rings is 2. The molecule has 0 bridgehead atoms. The van der Waals surface area contributed by atoms with Crippen LogP contribution in [0.15, 0.2) is 42.5 Å². The van der Waals surface area contributed by atoms with E-state index in [1.165, 1.54) is 23.1 Å². The summed E-state index contributed by atoms with van der Waals surface area (Å²) in [6.07, 6.45) is -3.91. The summed E-state index contributed by atoms with van der Waals surface area (Å²) in [6.45, 7) is 1.38. The van der Waals surface area contributed by atoms with Gasteiger partial charge in [-0.3, -0.25) is 9.59 Å². The minimum atomic E-state index is -4.45. The van der Waals surface area contributed by atoms with Crippen molar-refractivity contribution in [1.29, 1.82) is 0 Å². The molecule has 29 heavy (non-hydrogen) atoms. The van der Waals surface area contributed by atoms with E-state index in [0.717, 1.165) is 12.1 Å². The molecule has 4 nitrogen and oxygen atoms in total. The Morgan fingerprint density at radius 1 is 0.828 bits per heavy atom. The largest absolute Gasteiger partial charge is 0.416 e. The van der Waals surface area contributed by atoms with E-state index in [2.05, 4.69) is 0 Å². The topological polar surface area (TPSA) is 40.6 Å². The number of nitrogens with zero attached hydrogens (tertiary/aromatic N) is 2. The van der Waals surface area contributed by atoms with Crippen LogP contribution in [-0.4, -0.2) is 47.8 Å². The molecule has 1 aliphatic rings. The van der Waals surface area contributed by atoms with E-state index < -0.39 is 11.7 Å². The quantitative estimate of drug-likeness (QED) is 0.653. The SMILES string of the molecule is O=C(c1ccc(C(F)(F)F)cc1)N1CCCN(C(=O)c2cc(Cl)ccc2Cl)CC1. The van der Waals surface area contributed by atoms with Crippen molar-refractivity contribution < 1.29 is 22.8 Å². The number of carbonyl (C=O) groups is 2. The van der Waals surface area contributed by atoms with Gasteiger partial charge in [-0.15, -0.1) is 0 Å². The minimum absolute atomic E-state index is 0.177. The van der Waals surface area contributed by atoms with Crippen molar-refractivity contribution in [2.24, 2.45) is 0 Å². The number of hydrogen-bond donors (Lipinski definition) is 0. The zero-order chi connectivity index (χ0) is 21.2. The Morgan fingerprint density at radius 2 is 1.41 bits per heavy atom. The van der Waals surface area contributed by atoms with Crippen LogP contribution >= 0.6 is 23.2 Å². The number of amides is 2. The molecule has 1 saturated heterocycles. The van der Waals surface area contributed by atoms with Crippen LogP contribution in [0.5, 0.6) is 0 Å². The summed E-state index contributed by atoms with van der Waals surface area (Å²) in [4.78, 5) is 28.6.